The molecule has 0 bridgehead atoms. The van der Waals surface area contributed by atoms with Crippen molar-refractivity contribution in [3.8, 4) is 11.8 Å². The van der Waals surface area contributed by atoms with Gasteiger partial charge in [-0.2, -0.15) is 5.26 Å². The minimum atomic E-state index is -0.499. The van der Waals surface area contributed by atoms with Crippen molar-refractivity contribution in [2.75, 3.05) is 7.11 Å². The first kappa shape index (κ1) is 25.1. The standard InChI is InChI=1S/C18H18N2O2.C2H6.CH4O/c1-4-5-16(10-13(2)3)20-18(22)15(12-19)11-14-6-8-17(21)9-7-14;2*1-2/h4-11,21H,2H2,1,3H3,(H,20,22);1-2H3;2H,1H3/b5-4-,15-11+,16-10+;;. The molecule has 0 heterocycles. The topological polar surface area (TPSA) is 93.4 Å². The van der Waals surface area contributed by atoms with Crippen LogP contribution in [-0.4, -0.2) is 23.2 Å². The molecule has 0 atom stereocenters. The summed E-state index contributed by atoms with van der Waals surface area (Å²) < 4.78 is 0. The minimum Gasteiger partial charge on any atom is -0.508 e. The summed E-state index contributed by atoms with van der Waals surface area (Å²) in [6.45, 7) is 11.4. The molecular weight excluding hydrogens is 328 g/mol. The molecule has 1 amide bonds. The van der Waals surface area contributed by atoms with Crippen molar-refractivity contribution in [3.05, 3.63) is 71.5 Å². The SMILES string of the molecule is C=C(C)/C=C(\C=C/C)NC(=O)/C(C#N)=C/c1ccc(O)cc1.CC.CO. The third-order valence-corrected chi connectivity index (χ3v) is 2.58. The molecule has 3 N–H and O–H groups in total. The molecule has 0 saturated heterocycles. The highest BCUT2D eigenvalue weighted by molar-refractivity contribution is 6.02. The van der Waals surface area contributed by atoms with Gasteiger partial charge in [-0.15, -0.1) is 0 Å². The summed E-state index contributed by atoms with van der Waals surface area (Å²) in [5.41, 5.74) is 1.98. The monoisotopic (exact) mass is 356 g/mol. The van der Waals surface area contributed by atoms with E-state index in [0.717, 1.165) is 12.7 Å². The molecule has 1 aromatic carbocycles. The van der Waals surface area contributed by atoms with Crippen LogP contribution >= 0.6 is 0 Å². The maximum absolute atomic E-state index is 12.2. The highest BCUT2D eigenvalue weighted by Crippen LogP contribution is 2.13. The molecule has 0 spiro atoms. The number of hydrogen-bond acceptors (Lipinski definition) is 4. The maximum atomic E-state index is 12.2. The van der Waals surface area contributed by atoms with E-state index < -0.39 is 5.91 Å². The van der Waals surface area contributed by atoms with Gasteiger partial charge in [-0.25, -0.2) is 0 Å². The van der Waals surface area contributed by atoms with E-state index in [0.29, 0.717) is 11.3 Å². The average Bonchev–Trinajstić information content (AvgIpc) is 2.64. The van der Waals surface area contributed by atoms with Gasteiger partial charge in [0.1, 0.15) is 17.4 Å². The number of amides is 1. The molecule has 5 nitrogen and oxygen atoms in total. The van der Waals surface area contributed by atoms with Gasteiger partial charge in [-0.3, -0.25) is 4.79 Å². The smallest absolute Gasteiger partial charge is 0.266 e. The molecule has 26 heavy (non-hydrogen) atoms. The Kier molecular flexibility index (Phi) is 14.9. The first-order chi connectivity index (χ1) is 12.5. The van der Waals surface area contributed by atoms with Crippen LogP contribution in [0.1, 0.15) is 33.3 Å². The van der Waals surface area contributed by atoms with Crippen LogP contribution in [0, 0.1) is 11.3 Å². The lowest BCUT2D eigenvalue weighted by molar-refractivity contribution is -0.116. The lowest BCUT2D eigenvalue weighted by atomic mass is 10.1. The number of aromatic hydroxyl groups is 1. The largest absolute Gasteiger partial charge is 0.508 e. The van der Waals surface area contributed by atoms with Crippen molar-refractivity contribution in [2.24, 2.45) is 0 Å². The number of carbonyl (C=O) groups excluding carboxylic acids is 1. The summed E-state index contributed by atoms with van der Waals surface area (Å²) in [6, 6.07) is 8.10. The van der Waals surface area contributed by atoms with E-state index in [1.165, 1.54) is 18.2 Å². The molecule has 1 aromatic rings. The maximum Gasteiger partial charge on any atom is 0.266 e. The van der Waals surface area contributed by atoms with E-state index in [4.69, 9.17) is 10.4 Å². The highest BCUT2D eigenvalue weighted by atomic mass is 16.3. The molecule has 1 rings (SSSR count). The zero-order valence-corrected chi connectivity index (χ0v) is 16.1. The van der Waals surface area contributed by atoms with Gasteiger partial charge >= 0.3 is 0 Å². The number of nitrogens with one attached hydrogen (secondary N) is 1. The van der Waals surface area contributed by atoms with Crippen LogP contribution in [0.3, 0.4) is 0 Å². The van der Waals surface area contributed by atoms with Gasteiger partial charge in [0.2, 0.25) is 0 Å². The van der Waals surface area contributed by atoms with Crippen LogP contribution in [0.25, 0.3) is 6.08 Å². The summed E-state index contributed by atoms with van der Waals surface area (Å²) in [6.07, 6.45) is 6.68. The second-order valence-corrected chi connectivity index (χ2v) is 4.66. The van der Waals surface area contributed by atoms with Crippen LogP contribution in [0.5, 0.6) is 5.75 Å². The van der Waals surface area contributed by atoms with Crippen LogP contribution < -0.4 is 5.32 Å². The number of nitrogens with zero attached hydrogens (tertiary/aromatic N) is 1. The number of phenols is 1. The van der Waals surface area contributed by atoms with E-state index >= 15 is 0 Å². The fraction of sp³-hybridized carbons (Fsp3) is 0.238. The minimum absolute atomic E-state index is 0.0252. The number of allylic oxidation sites excluding steroid dienone is 4. The van der Waals surface area contributed by atoms with E-state index in [-0.39, 0.29) is 11.3 Å². The third-order valence-electron chi connectivity index (χ3n) is 2.58. The molecule has 0 saturated carbocycles. The van der Waals surface area contributed by atoms with Crippen molar-refractivity contribution in [1.82, 2.24) is 5.32 Å². The fourth-order valence-electron chi connectivity index (χ4n) is 1.66. The van der Waals surface area contributed by atoms with E-state index in [9.17, 15) is 9.90 Å². The number of aliphatic hydroxyl groups is 1. The van der Waals surface area contributed by atoms with Crippen LogP contribution in [0.2, 0.25) is 0 Å². The predicted molar refractivity (Wildman–Crippen MR) is 107 cm³/mol. The van der Waals surface area contributed by atoms with E-state index in [1.807, 2.05) is 33.8 Å². The van der Waals surface area contributed by atoms with Gasteiger partial charge in [0.15, 0.2) is 0 Å². The highest BCUT2D eigenvalue weighted by Gasteiger charge is 2.09. The first-order valence-corrected chi connectivity index (χ1v) is 8.13. The van der Waals surface area contributed by atoms with Gasteiger partial charge in [-0.1, -0.05) is 44.2 Å². The molecule has 0 unspecified atom stereocenters. The summed E-state index contributed by atoms with van der Waals surface area (Å²) in [7, 11) is 1.00. The number of aliphatic hydroxyl groups excluding tert-OH is 1. The Hall–Kier alpha value is -3.10. The molecular formula is C21H28N2O3. The number of nitriles is 1. The van der Waals surface area contributed by atoms with Crippen LogP contribution in [-0.2, 0) is 4.79 Å². The van der Waals surface area contributed by atoms with Gasteiger partial charge in [0.05, 0.1) is 0 Å². The molecule has 0 aliphatic heterocycles. The van der Waals surface area contributed by atoms with Gasteiger partial charge < -0.3 is 15.5 Å². The summed E-state index contributed by atoms with van der Waals surface area (Å²) >= 11 is 0. The normalized spacial score (nSPS) is 10.7. The Morgan fingerprint density at radius 1 is 1.23 bits per heavy atom. The Morgan fingerprint density at radius 2 is 1.77 bits per heavy atom. The fourth-order valence-corrected chi connectivity index (χ4v) is 1.66. The number of phenolic OH excluding ortho intramolecular Hbond substituents is 1. The number of rotatable bonds is 5. The number of carbonyl (C=O) groups is 1. The summed E-state index contributed by atoms with van der Waals surface area (Å²) in [5, 5.41) is 28.1. The first-order valence-electron chi connectivity index (χ1n) is 8.13. The molecule has 0 radical (unpaired) electrons. The lowest BCUT2D eigenvalue weighted by Crippen LogP contribution is -2.23. The van der Waals surface area contributed by atoms with Gasteiger partial charge in [0.25, 0.3) is 5.91 Å². The molecule has 0 aliphatic rings. The predicted octanol–water partition coefficient (Wildman–Crippen LogP) is 4.09. The van der Waals surface area contributed by atoms with Crippen molar-refractivity contribution in [2.45, 2.75) is 27.7 Å². The van der Waals surface area contributed by atoms with Gasteiger partial charge in [-0.05, 0) is 49.8 Å². The second kappa shape index (κ2) is 15.4. The quantitative estimate of drug-likeness (QED) is 0.421. The Bertz CT molecular complexity index is 691. The number of benzene rings is 1. The van der Waals surface area contributed by atoms with Gasteiger partial charge in [0, 0.05) is 12.8 Å². The summed E-state index contributed by atoms with van der Waals surface area (Å²) in [4.78, 5) is 12.2. The third kappa shape index (κ3) is 10.6. The molecule has 0 aromatic heterocycles. The summed E-state index contributed by atoms with van der Waals surface area (Å²) in [5.74, 6) is -0.374. The van der Waals surface area contributed by atoms with Crippen molar-refractivity contribution >= 4 is 12.0 Å². The zero-order chi connectivity index (χ0) is 20.5. The molecule has 140 valence electrons. The van der Waals surface area contributed by atoms with E-state index in [2.05, 4.69) is 11.9 Å². The van der Waals surface area contributed by atoms with Crippen LogP contribution in [0.15, 0.2) is 65.9 Å². The van der Waals surface area contributed by atoms with Crippen molar-refractivity contribution in [3.63, 3.8) is 0 Å². The number of hydrogen-bond donors (Lipinski definition) is 3. The Labute approximate surface area is 156 Å². The second-order valence-electron chi connectivity index (χ2n) is 4.66. The Morgan fingerprint density at radius 3 is 2.19 bits per heavy atom. The lowest BCUT2D eigenvalue weighted by Gasteiger charge is -2.05. The molecule has 5 heteroatoms. The van der Waals surface area contributed by atoms with Crippen LogP contribution in [0.4, 0.5) is 0 Å². The van der Waals surface area contributed by atoms with Crippen molar-refractivity contribution in [1.29, 1.82) is 5.26 Å². The van der Waals surface area contributed by atoms with E-state index in [1.54, 1.807) is 30.4 Å². The molecule has 0 fully saturated rings. The zero-order valence-electron chi connectivity index (χ0n) is 16.1. The average molecular weight is 356 g/mol. The van der Waals surface area contributed by atoms with Crippen molar-refractivity contribution < 1.29 is 15.0 Å². The molecule has 0 aliphatic carbocycles. The Balaban J connectivity index is 0.